The Morgan fingerprint density at radius 2 is 1.81 bits per heavy atom. The first-order chi connectivity index (χ1) is 9.97. The molecule has 7 heteroatoms. The van der Waals surface area contributed by atoms with Gasteiger partial charge in [0.25, 0.3) is 5.91 Å². The second kappa shape index (κ2) is 6.91. The number of hydrogen-bond donors (Lipinski definition) is 1. The van der Waals surface area contributed by atoms with Gasteiger partial charge in [0.05, 0.1) is 18.8 Å². The van der Waals surface area contributed by atoms with Gasteiger partial charge in [-0.05, 0) is 30.7 Å². The molecule has 0 aliphatic carbocycles. The van der Waals surface area contributed by atoms with Crippen LogP contribution in [-0.2, 0) is 15.7 Å². The van der Waals surface area contributed by atoms with Crippen LogP contribution in [0.5, 0.6) is 0 Å². The molecule has 1 amide bonds. The fourth-order valence-electron chi connectivity index (χ4n) is 1.92. The fourth-order valence-corrected chi connectivity index (χ4v) is 1.92. The number of ether oxygens (including phenoxy) is 2. The molecule has 0 aromatic heterocycles. The van der Waals surface area contributed by atoms with Gasteiger partial charge in [-0.3, -0.25) is 4.79 Å². The molecule has 0 unspecified atom stereocenters. The number of halogens is 3. The van der Waals surface area contributed by atoms with Gasteiger partial charge in [-0.1, -0.05) is 0 Å². The Morgan fingerprint density at radius 1 is 1.19 bits per heavy atom. The lowest BCUT2D eigenvalue weighted by atomic mass is 10.1. The van der Waals surface area contributed by atoms with Crippen molar-refractivity contribution < 1.29 is 27.4 Å². The van der Waals surface area contributed by atoms with Crippen molar-refractivity contribution in [1.82, 2.24) is 5.32 Å². The van der Waals surface area contributed by atoms with E-state index in [4.69, 9.17) is 9.47 Å². The van der Waals surface area contributed by atoms with E-state index in [1.54, 1.807) is 0 Å². The number of carbonyl (C=O) groups excluding carboxylic acids is 1. The van der Waals surface area contributed by atoms with E-state index in [2.05, 4.69) is 5.32 Å². The Kier molecular flexibility index (Phi) is 5.19. The van der Waals surface area contributed by atoms with Gasteiger partial charge >= 0.3 is 6.18 Å². The molecule has 1 aromatic rings. The molecule has 0 atom stereocenters. The van der Waals surface area contributed by atoms with Gasteiger partial charge in [0.2, 0.25) is 0 Å². The van der Waals surface area contributed by atoms with Crippen LogP contribution in [0.15, 0.2) is 24.3 Å². The molecule has 0 saturated carbocycles. The Labute approximate surface area is 120 Å². The molecule has 0 spiro atoms. The molecule has 2 rings (SSSR count). The van der Waals surface area contributed by atoms with Crippen LogP contribution in [0, 0.1) is 0 Å². The van der Waals surface area contributed by atoms with Crippen molar-refractivity contribution in [1.29, 1.82) is 0 Å². The van der Waals surface area contributed by atoms with Crippen LogP contribution in [0.3, 0.4) is 0 Å². The van der Waals surface area contributed by atoms with Crippen LogP contribution in [0.1, 0.15) is 28.8 Å². The quantitative estimate of drug-likeness (QED) is 0.930. The predicted molar refractivity (Wildman–Crippen MR) is 68.7 cm³/mol. The summed E-state index contributed by atoms with van der Waals surface area (Å²) >= 11 is 0. The Bertz CT molecular complexity index is 467. The maximum atomic E-state index is 12.4. The summed E-state index contributed by atoms with van der Waals surface area (Å²) in [5, 5.41) is 2.62. The first-order valence-corrected chi connectivity index (χ1v) is 6.65. The molecule has 1 aliphatic heterocycles. The summed E-state index contributed by atoms with van der Waals surface area (Å²) in [5.41, 5.74) is -0.587. The number of alkyl halides is 3. The number of benzene rings is 1. The predicted octanol–water partition coefficient (Wildman–Crippen LogP) is 2.59. The minimum Gasteiger partial charge on any atom is -0.353 e. The number of nitrogens with one attached hydrogen (secondary N) is 1. The number of amides is 1. The van der Waals surface area contributed by atoms with Gasteiger partial charge in [-0.15, -0.1) is 0 Å². The van der Waals surface area contributed by atoms with Crippen LogP contribution < -0.4 is 5.32 Å². The smallest absolute Gasteiger partial charge is 0.353 e. The molecule has 1 fully saturated rings. The van der Waals surface area contributed by atoms with Crippen molar-refractivity contribution in [3.8, 4) is 0 Å². The van der Waals surface area contributed by atoms with E-state index in [9.17, 15) is 18.0 Å². The van der Waals surface area contributed by atoms with E-state index in [0.717, 1.165) is 30.7 Å². The fraction of sp³-hybridized carbons (Fsp3) is 0.500. The summed E-state index contributed by atoms with van der Waals surface area (Å²) in [6.45, 7) is 1.61. The first kappa shape index (κ1) is 15.8. The molecule has 116 valence electrons. The molecule has 0 bridgehead atoms. The van der Waals surface area contributed by atoms with Gasteiger partial charge < -0.3 is 14.8 Å². The molecule has 1 N–H and O–H groups in total. The highest BCUT2D eigenvalue weighted by Crippen LogP contribution is 2.29. The summed E-state index contributed by atoms with van der Waals surface area (Å²) in [6.07, 6.45) is -3.36. The molecule has 4 nitrogen and oxygen atoms in total. The summed E-state index contributed by atoms with van der Waals surface area (Å²) in [7, 11) is 0. The van der Waals surface area contributed by atoms with Gasteiger partial charge in [0.1, 0.15) is 0 Å². The number of hydrogen-bond acceptors (Lipinski definition) is 3. The van der Waals surface area contributed by atoms with E-state index in [1.807, 2.05) is 0 Å². The van der Waals surface area contributed by atoms with Crippen LogP contribution in [0.25, 0.3) is 0 Å². The minimum atomic E-state index is -4.40. The number of carbonyl (C=O) groups is 1. The Hall–Kier alpha value is -1.60. The SMILES string of the molecule is O=C(NCCC1OCCCO1)c1ccc(C(F)(F)F)cc1. The zero-order valence-corrected chi connectivity index (χ0v) is 11.3. The molecule has 0 radical (unpaired) electrons. The average Bonchev–Trinajstić information content (AvgIpc) is 2.47. The molecule has 1 saturated heterocycles. The van der Waals surface area contributed by atoms with Crippen LogP contribution in [-0.4, -0.2) is 32.0 Å². The van der Waals surface area contributed by atoms with E-state index >= 15 is 0 Å². The largest absolute Gasteiger partial charge is 0.416 e. The molecule has 1 heterocycles. The minimum absolute atomic E-state index is 0.188. The maximum absolute atomic E-state index is 12.4. The van der Waals surface area contributed by atoms with E-state index in [-0.39, 0.29) is 11.9 Å². The monoisotopic (exact) mass is 303 g/mol. The average molecular weight is 303 g/mol. The van der Waals surface area contributed by atoms with Crippen molar-refractivity contribution in [3.63, 3.8) is 0 Å². The third-order valence-electron chi connectivity index (χ3n) is 3.04. The zero-order chi connectivity index (χ0) is 15.3. The highest BCUT2D eigenvalue weighted by Gasteiger charge is 2.30. The maximum Gasteiger partial charge on any atom is 0.416 e. The van der Waals surface area contributed by atoms with Crippen LogP contribution >= 0.6 is 0 Å². The second-order valence-electron chi connectivity index (χ2n) is 4.64. The van der Waals surface area contributed by atoms with Gasteiger partial charge in [0.15, 0.2) is 6.29 Å². The first-order valence-electron chi connectivity index (χ1n) is 6.65. The summed E-state index contributed by atoms with van der Waals surface area (Å²) < 4.78 is 47.8. The summed E-state index contributed by atoms with van der Waals surface area (Å²) in [5.74, 6) is -0.417. The second-order valence-corrected chi connectivity index (χ2v) is 4.64. The lowest BCUT2D eigenvalue weighted by Crippen LogP contribution is -2.31. The van der Waals surface area contributed by atoms with E-state index in [0.29, 0.717) is 26.2 Å². The Balaban J connectivity index is 1.80. The van der Waals surface area contributed by atoms with Crippen molar-refractivity contribution in [2.45, 2.75) is 25.3 Å². The molecular weight excluding hydrogens is 287 g/mol. The summed E-state index contributed by atoms with van der Waals surface area (Å²) in [6, 6.07) is 4.10. The third-order valence-corrected chi connectivity index (χ3v) is 3.04. The summed E-state index contributed by atoms with van der Waals surface area (Å²) in [4.78, 5) is 11.8. The zero-order valence-electron chi connectivity index (χ0n) is 11.3. The van der Waals surface area contributed by atoms with E-state index in [1.165, 1.54) is 0 Å². The molecular formula is C14H16F3NO3. The lowest BCUT2D eigenvalue weighted by Gasteiger charge is -2.23. The topological polar surface area (TPSA) is 47.6 Å². The highest BCUT2D eigenvalue weighted by molar-refractivity contribution is 5.94. The van der Waals surface area contributed by atoms with Crippen LogP contribution in [0.2, 0.25) is 0 Å². The standard InChI is InChI=1S/C14H16F3NO3/c15-14(16,17)11-4-2-10(3-5-11)13(19)18-7-6-12-20-8-1-9-21-12/h2-5,12H,1,6-9H2,(H,18,19). The van der Waals surface area contributed by atoms with Crippen molar-refractivity contribution in [3.05, 3.63) is 35.4 Å². The van der Waals surface area contributed by atoms with Gasteiger partial charge in [-0.25, -0.2) is 0 Å². The van der Waals surface area contributed by atoms with Crippen molar-refractivity contribution >= 4 is 5.91 Å². The normalized spacial score (nSPS) is 16.7. The third kappa shape index (κ3) is 4.71. The van der Waals surface area contributed by atoms with Crippen LogP contribution in [0.4, 0.5) is 13.2 Å². The van der Waals surface area contributed by atoms with Gasteiger partial charge in [-0.2, -0.15) is 13.2 Å². The van der Waals surface area contributed by atoms with Crippen molar-refractivity contribution in [2.75, 3.05) is 19.8 Å². The highest BCUT2D eigenvalue weighted by atomic mass is 19.4. The van der Waals surface area contributed by atoms with Gasteiger partial charge in [0, 0.05) is 18.5 Å². The Morgan fingerprint density at radius 3 is 2.38 bits per heavy atom. The molecule has 1 aromatic carbocycles. The molecule has 21 heavy (non-hydrogen) atoms. The van der Waals surface area contributed by atoms with E-state index < -0.39 is 17.6 Å². The van der Waals surface area contributed by atoms with Crippen molar-refractivity contribution in [2.24, 2.45) is 0 Å². The molecule has 1 aliphatic rings. The number of rotatable bonds is 4. The lowest BCUT2D eigenvalue weighted by molar-refractivity contribution is -0.180.